The smallest absolute Gasteiger partial charge is 0.224 e. The summed E-state index contributed by atoms with van der Waals surface area (Å²) in [6.07, 6.45) is 2.69. The van der Waals surface area contributed by atoms with Crippen LogP contribution in [0.1, 0.15) is 12.0 Å². The lowest BCUT2D eigenvalue weighted by Crippen LogP contribution is -2.44. The number of aromatic nitrogens is 1. The van der Waals surface area contributed by atoms with Crippen molar-refractivity contribution < 1.29 is 9.13 Å². The molecule has 0 spiro atoms. The molecule has 1 unspecified atom stereocenters. The van der Waals surface area contributed by atoms with Crippen LogP contribution in [0, 0.1) is 5.82 Å². The van der Waals surface area contributed by atoms with E-state index < -0.39 is 0 Å². The molecule has 0 radical (unpaired) electrons. The van der Waals surface area contributed by atoms with Gasteiger partial charge in [0.1, 0.15) is 11.6 Å². The van der Waals surface area contributed by atoms with Crippen LogP contribution in [0.25, 0.3) is 0 Å². The second kappa shape index (κ2) is 11.7. The van der Waals surface area contributed by atoms with Crippen molar-refractivity contribution in [2.75, 3.05) is 25.0 Å². The Hall–Kier alpha value is -2.88. The third-order valence-corrected chi connectivity index (χ3v) is 5.18. The van der Waals surface area contributed by atoms with Crippen molar-refractivity contribution in [1.82, 2.24) is 15.6 Å². The van der Waals surface area contributed by atoms with E-state index in [1.54, 1.807) is 25.4 Å². The van der Waals surface area contributed by atoms with Gasteiger partial charge in [0.15, 0.2) is 5.96 Å². The summed E-state index contributed by atoms with van der Waals surface area (Å²) in [6, 6.07) is 20.5. The zero-order valence-corrected chi connectivity index (χ0v) is 20.2. The molecule has 1 aliphatic rings. The van der Waals surface area contributed by atoms with E-state index >= 15 is 0 Å². The topological polar surface area (TPSA) is 61.8 Å². The molecule has 2 heterocycles. The number of ether oxygens (including phenoxy) is 1. The van der Waals surface area contributed by atoms with Gasteiger partial charge in [-0.2, -0.15) is 0 Å². The van der Waals surface area contributed by atoms with Crippen molar-refractivity contribution in [2.45, 2.75) is 19.0 Å². The predicted molar refractivity (Wildman–Crippen MR) is 137 cm³/mol. The molecule has 4 rings (SSSR count). The molecule has 1 fully saturated rings. The molecule has 0 bridgehead atoms. The maximum absolute atomic E-state index is 13.5. The molecule has 3 aromatic rings. The Labute approximate surface area is 204 Å². The molecule has 0 saturated carbocycles. The minimum absolute atomic E-state index is 0. The molecular weight excluding hydrogens is 520 g/mol. The van der Waals surface area contributed by atoms with Gasteiger partial charge in [-0.05, 0) is 36.8 Å². The van der Waals surface area contributed by atoms with Gasteiger partial charge >= 0.3 is 0 Å². The minimum atomic E-state index is -0.348. The molecule has 1 aliphatic heterocycles. The van der Waals surface area contributed by atoms with Crippen molar-refractivity contribution in [1.29, 1.82) is 0 Å². The number of benzene rings is 2. The fourth-order valence-electron chi connectivity index (χ4n) is 3.61. The molecule has 8 heteroatoms. The Kier molecular flexibility index (Phi) is 8.66. The summed E-state index contributed by atoms with van der Waals surface area (Å²) in [5.41, 5.74) is 2.09. The average molecular weight is 547 g/mol. The largest absolute Gasteiger partial charge is 0.439 e. The van der Waals surface area contributed by atoms with Crippen LogP contribution in [0.15, 0.2) is 77.9 Å². The number of anilines is 1. The second-order valence-electron chi connectivity index (χ2n) is 7.36. The fraction of sp³-hybridized carbons (Fsp3) is 0.250. The first-order valence-electron chi connectivity index (χ1n) is 10.4. The quantitative estimate of drug-likeness (QED) is 0.269. The van der Waals surface area contributed by atoms with Gasteiger partial charge in [-0.15, -0.1) is 24.0 Å². The predicted octanol–water partition coefficient (Wildman–Crippen LogP) is 4.57. The first-order chi connectivity index (χ1) is 15.2. The van der Waals surface area contributed by atoms with Gasteiger partial charge in [-0.3, -0.25) is 4.99 Å². The number of rotatable bonds is 6. The van der Waals surface area contributed by atoms with Crippen LogP contribution < -0.4 is 20.3 Å². The Morgan fingerprint density at radius 3 is 2.78 bits per heavy atom. The van der Waals surface area contributed by atoms with Crippen LogP contribution >= 0.6 is 24.0 Å². The summed E-state index contributed by atoms with van der Waals surface area (Å²) in [7, 11) is 1.76. The summed E-state index contributed by atoms with van der Waals surface area (Å²) in [4.78, 5) is 11.0. The highest BCUT2D eigenvalue weighted by molar-refractivity contribution is 14.0. The number of para-hydroxylation sites is 1. The highest BCUT2D eigenvalue weighted by Crippen LogP contribution is 2.23. The Morgan fingerprint density at radius 1 is 1.16 bits per heavy atom. The third kappa shape index (κ3) is 6.32. The van der Waals surface area contributed by atoms with Gasteiger partial charge < -0.3 is 20.3 Å². The molecule has 1 saturated heterocycles. The van der Waals surface area contributed by atoms with Gasteiger partial charge in [0.25, 0.3) is 0 Å². The van der Waals surface area contributed by atoms with Gasteiger partial charge in [0.05, 0.1) is 0 Å². The van der Waals surface area contributed by atoms with Gasteiger partial charge in [0, 0.05) is 56.2 Å². The maximum Gasteiger partial charge on any atom is 0.224 e. The van der Waals surface area contributed by atoms with Gasteiger partial charge in [-0.25, -0.2) is 9.37 Å². The van der Waals surface area contributed by atoms with E-state index in [9.17, 15) is 4.39 Å². The maximum atomic E-state index is 13.5. The Morgan fingerprint density at radius 2 is 2.00 bits per heavy atom. The average Bonchev–Trinajstić information content (AvgIpc) is 3.27. The highest BCUT2D eigenvalue weighted by Gasteiger charge is 2.23. The standard InChI is InChI=1S/C24H26FN5O.HI/c1-26-24(29-20-12-14-30(17-20)21-9-3-2-4-10-21)28-16-18-7-6-13-27-23(18)31-22-11-5-8-19(25)15-22;/h2-11,13,15,20H,12,14,16-17H2,1H3,(H2,26,28,29);1H. The number of guanidine groups is 1. The zero-order chi connectivity index (χ0) is 21.5. The minimum Gasteiger partial charge on any atom is -0.439 e. The third-order valence-electron chi connectivity index (χ3n) is 5.18. The van der Waals surface area contributed by atoms with Crippen molar-refractivity contribution in [3.8, 4) is 11.6 Å². The van der Waals surface area contributed by atoms with Crippen molar-refractivity contribution in [2.24, 2.45) is 4.99 Å². The van der Waals surface area contributed by atoms with Crippen LogP contribution in [-0.4, -0.2) is 37.1 Å². The van der Waals surface area contributed by atoms with E-state index in [1.165, 1.54) is 17.8 Å². The number of hydrogen-bond donors (Lipinski definition) is 2. The number of hydrogen-bond acceptors (Lipinski definition) is 4. The number of nitrogens with zero attached hydrogens (tertiary/aromatic N) is 3. The van der Waals surface area contributed by atoms with Crippen molar-refractivity contribution in [3.63, 3.8) is 0 Å². The number of pyridine rings is 1. The normalized spacial score (nSPS) is 15.8. The molecule has 1 aromatic heterocycles. The first kappa shape index (κ1) is 23.8. The molecule has 0 aliphatic carbocycles. The molecule has 6 nitrogen and oxygen atoms in total. The van der Waals surface area contributed by atoms with Gasteiger partial charge in [-0.1, -0.05) is 30.3 Å². The summed E-state index contributed by atoms with van der Waals surface area (Å²) in [5, 5.41) is 6.83. The SMILES string of the molecule is CN=C(NCc1cccnc1Oc1cccc(F)c1)NC1CCN(c2ccccc2)C1.I. The monoisotopic (exact) mass is 547 g/mol. The van der Waals surface area contributed by atoms with E-state index in [1.807, 2.05) is 18.2 Å². The van der Waals surface area contributed by atoms with Crippen molar-refractivity contribution in [3.05, 3.63) is 84.3 Å². The van der Waals surface area contributed by atoms with Crippen LogP contribution in [0.2, 0.25) is 0 Å². The molecule has 2 N–H and O–H groups in total. The zero-order valence-electron chi connectivity index (χ0n) is 17.9. The number of nitrogens with one attached hydrogen (secondary N) is 2. The fourth-order valence-corrected chi connectivity index (χ4v) is 3.61. The van der Waals surface area contributed by atoms with Crippen LogP contribution in [-0.2, 0) is 6.54 Å². The number of halogens is 2. The first-order valence-corrected chi connectivity index (χ1v) is 10.4. The summed E-state index contributed by atoms with van der Waals surface area (Å²) < 4.78 is 19.3. The Balaban J connectivity index is 0.00000289. The van der Waals surface area contributed by atoms with Crippen LogP contribution in [0.3, 0.4) is 0 Å². The summed E-state index contributed by atoms with van der Waals surface area (Å²) in [5.74, 6) is 1.22. The molecule has 168 valence electrons. The van der Waals surface area contributed by atoms with E-state index in [2.05, 4.69) is 49.8 Å². The summed E-state index contributed by atoms with van der Waals surface area (Å²) >= 11 is 0. The lowest BCUT2D eigenvalue weighted by atomic mass is 10.2. The molecule has 32 heavy (non-hydrogen) atoms. The van der Waals surface area contributed by atoms with E-state index in [4.69, 9.17) is 4.74 Å². The molecule has 0 amide bonds. The van der Waals surface area contributed by atoms with Crippen molar-refractivity contribution >= 4 is 35.6 Å². The van der Waals surface area contributed by atoms with E-state index in [0.29, 0.717) is 24.2 Å². The summed E-state index contributed by atoms with van der Waals surface area (Å²) in [6.45, 7) is 2.41. The van der Waals surface area contributed by atoms with Crippen LogP contribution in [0.4, 0.5) is 10.1 Å². The molecule has 2 aromatic carbocycles. The Bertz CT molecular complexity index is 1030. The highest BCUT2D eigenvalue weighted by atomic mass is 127. The van der Waals surface area contributed by atoms with Crippen LogP contribution in [0.5, 0.6) is 11.6 Å². The van der Waals surface area contributed by atoms with E-state index in [-0.39, 0.29) is 29.8 Å². The lowest BCUT2D eigenvalue weighted by molar-refractivity contribution is 0.450. The van der Waals surface area contributed by atoms with Gasteiger partial charge in [0.2, 0.25) is 5.88 Å². The lowest BCUT2D eigenvalue weighted by Gasteiger charge is -2.20. The molecule has 1 atom stereocenters. The molecular formula is C24H27FIN5O. The second-order valence-corrected chi connectivity index (χ2v) is 7.36. The number of aliphatic imine (C=N–C) groups is 1. The van der Waals surface area contributed by atoms with E-state index in [0.717, 1.165) is 31.0 Å².